The Morgan fingerprint density at radius 1 is 1.00 bits per heavy atom. The molecule has 5 rings (SSSR count). The molecule has 2 amide bonds. The van der Waals surface area contributed by atoms with Crippen LogP contribution in [0.4, 0.5) is 0 Å². The average molecular weight is 503 g/mol. The number of halogens is 1. The van der Waals surface area contributed by atoms with Crippen molar-refractivity contribution >= 4 is 23.4 Å². The number of piperidine rings is 3. The third-order valence-electron chi connectivity index (χ3n) is 8.16. The summed E-state index contributed by atoms with van der Waals surface area (Å²) >= 11 is 6.50. The van der Waals surface area contributed by atoms with Crippen LogP contribution < -0.4 is 0 Å². The quantitative estimate of drug-likeness (QED) is 0.637. The predicted octanol–water partition coefficient (Wildman–Crippen LogP) is 3.37. The molecule has 0 aliphatic carbocycles. The van der Waals surface area contributed by atoms with Gasteiger partial charge in [-0.3, -0.25) is 19.2 Å². The number of aryl methyl sites for hydroxylation is 2. The Kier molecular flexibility index (Phi) is 6.90. The van der Waals surface area contributed by atoms with Gasteiger partial charge in [-0.1, -0.05) is 16.8 Å². The maximum atomic E-state index is 13.5. The topological polar surface area (TPSA) is 87.7 Å². The van der Waals surface area contributed by atoms with E-state index in [2.05, 4.69) is 15.2 Å². The Hall–Kier alpha value is -2.39. The number of carbonyl (C=O) groups excluding carboxylic acids is 2. The third kappa shape index (κ3) is 4.98. The lowest BCUT2D eigenvalue weighted by Gasteiger charge is -2.47. The van der Waals surface area contributed by atoms with Crippen LogP contribution in [-0.2, 0) is 11.8 Å². The van der Waals surface area contributed by atoms with Gasteiger partial charge in [0.1, 0.15) is 27.9 Å². The van der Waals surface area contributed by atoms with E-state index in [9.17, 15) is 9.59 Å². The second-order valence-electron chi connectivity index (χ2n) is 10.5. The third-order valence-corrected chi connectivity index (χ3v) is 8.59. The minimum absolute atomic E-state index is 0.0989. The van der Waals surface area contributed by atoms with Crippen LogP contribution in [-0.4, -0.2) is 87.3 Å². The first kappa shape index (κ1) is 24.3. The average Bonchev–Trinajstić information content (AvgIpc) is 3.44. The van der Waals surface area contributed by atoms with Crippen LogP contribution in [0, 0.1) is 12.3 Å². The van der Waals surface area contributed by atoms with Crippen molar-refractivity contribution in [1.29, 1.82) is 0 Å². The normalized spacial score (nSPS) is 21.0. The molecule has 3 fully saturated rings. The van der Waals surface area contributed by atoms with Gasteiger partial charge in [0.15, 0.2) is 0 Å². The highest BCUT2D eigenvalue weighted by atomic mass is 35.5. The van der Waals surface area contributed by atoms with E-state index in [1.807, 2.05) is 16.7 Å². The molecule has 5 heterocycles. The summed E-state index contributed by atoms with van der Waals surface area (Å²) in [4.78, 5) is 32.4. The number of nitrogens with zero attached hydrogens (tertiary/aromatic N) is 6. The van der Waals surface area contributed by atoms with E-state index in [-0.39, 0.29) is 17.2 Å². The van der Waals surface area contributed by atoms with Crippen LogP contribution in [0.2, 0.25) is 5.15 Å². The molecule has 2 aromatic heterocycles. The Balaban J connectivity index is 1.18. The van der Waals surface area contributed by atoms with Crippen molar-refractivity contribution in [3.8, 4) is 11.4 Å². The van der Waals surface area contributed by atoms with Crippen LogP contribution in [0.1, 0.15) is 61.1 Å². The molecular weight excluding hydrogens is 468 g/mol. The fourth-order valence-electron chi connectivity index (χ4n) is 5.81. The molecule has 3 aliphatic rings. The SMILES string of the molecule is Cc1cc(-c2nn(C)c(Cl)c2C(=O)N2CCC3(CCN(CC(=O)N4CCCCC4)CC3)CC2)no1. The van der Waals surface area contributed by atoms with Gasteiger partial charge in [-0.2, -0.15) is 5.10 Å². The smallest absolute Gasteiger partial charge is 0.259 e. The van der Waals surface area contributed by atoms with E-state index in [0.29, 0.717) is 47.5 Å². The van der Waals surface area contributed by atoms with Gasteiger partial charge in [0.2, 0.25) is 5.91 Å². The molecule has 0 N–H and O–H groups in total. The van der Waals surface area contributed by atoms with Crippen molar-refractivity contribution in [2.24, 2.45) is 12.5 Å². The number of aromatic nitrogens is 3. The zero-order valence-corrected chi connectivity index (χ0v) is 21.5. The highest BCUT2D eigenvalue weighted by Gasteiger charge is 2.40. The first-order chi connectivity index (χ1) is 16.8. The molecule has 0 atom stereocenters. The zero-order valence-electron chi connectivity index (χ0n) is 20.8. The summed E-state index contributed by atoms with van der Waals surface area (Å²) in [6.07, 6.45) is 7.62. The lowest BCUT2D eigenvalue weighted by molar-refractivity contribution is -0.134. The number of carbonyl (C=O) groups is 2. The molecule has 2 aromatic rings. The summed E-state index contributed by atoms with van der Waals surface area (Å²) in [5.41, 5.74) is 1.63. The summed E-state index contributed by atoms with van der Waals surface area (Å²) in [7, 11) is 1.73. The molecule has 0 radical (unpaired) electrons. The molecule has 1 spiro atoms. The van der Waals surface area contributed by atoms with Gasteiger partial charge in [0, 0.05) is 39.3 Å². The standard InChI is InChI=1S/C25H35ClN6O3/c1-18-16-19(28-35-18)22-21(23(26)29(2)27-22)24(34)32-14-8-25(9-15-32)6-12-30(13-7-25)17-20(33)31-10-4-3-5-11-31/h16H,3-15,17H2,1-2H3. The Morgan fingerprint density at radius 2 is 1.66 bits per heavy atom. The lowest BCUT2D eigenvalue weighted by Crippen LogP contribution is -2.50. The number of hydrogen-bond donors (Lipinski definition) is 0. The van der Waals surface area contributed by atoms with E-state index < -0.39 is 0 Å². The summed E-state index contributed by atoms with van der Waals surface area (Å²) in [5, 5.41) is 8.80. The number of hydrogen-bond acceptors (Lipinski definition) is 6. The molecule has 3 saturated heterocycles. The molecule has 0 saturated carbocycles. The van der Waals surface area contributed by atoms with E-state index in [1.165, 1.54) is 11.1 Å². The lowest BCUT2D eigenvalue weighted by atomic mass is 9.71. The summed E-state index contributed by atoms with van der Waals surface area (Å²) < 4.78 is 6.71. The highest BCUT2D eigenvalue weighted by molar-refractivity contribution is 6.33. The van der Waals surface area contributed by atoms with E-state index in [1.54, 1.807) is 13.1 Å². The van der Waals surface area contributed by atoms with Crippen LogP contribution in [0.5, 0.6) is 0 Å². The molecule has 0 bridgehead atoms. The predicted molar refractivity (Wildman–Crippen MR) is 132 cm³/mol. The molecule has 0 aromatic carbocycles. The largest absolute Gasteiger partial charge is 0.361 e. The molecule has 3 aliphatic heterocycles. The van der Waals surface area contributed by atoms with Gasteiger partial charge in [-0.05, 0) is 70.4 Å². The minimum Gasteiger partial charge on any atom is -0.361 e. The fraction of sp³-hybridized carbons (Fsp3) is 0.680. The summed E-state index contributed by atoms with van der Waals surface area (Å²) in [6.45, 7) is 7.50. The van der Waals surface area contributed by atoms with Crippen molar-refractivity contribution < 1.29 is 14.1 Å². The first-order valence-corrected chi connectivity index (χ1v) is 13.2. The van der Waals surface area contributed by atoms with E-state index >= 15 is 0 Å². The summed E-state index contributed by atoms with van der Waals surface area (Å²) in [6, 6.07) is 1.77. The van der Waals surface area contributed by atoms with Crippen molar-refractivity contribution in [2.45, 2.75) is 51.9 Å². The van der Waals surface area contributed by atoms with Gasteiger partial charge >= 0.3 is 0 Å². The molecule has 35 heavy (non-hydrogen) atoms. The van der Waals surface area contributed by atoms with Gasteiger partial charge < -0.3 is 14.3 Å². The first-order valence-electron chi connectivity index (χ1n) is 12.8. The number of likely N-dealkylation sites (tertiary alicyclic amines) is 3. The maximum absolute atomic E-state index is 13.5. The highest BCUT2D eigenvalue weighted by Crippen LogP contribution is 2.42. The van der Waals surface area contributed by atoms with Crippen LogP contribution >= 0.6 is 11.6 Å². The molecular formula is C25H35ClN6O3. The zero-order chi connectivity index (χ0) is 24.6. The second-order valence-corrected chi connectivity index (χ2v) is 10.8. The van der Waals surface area contributed by atoms with Crippen molar-refractivity contribution in [2.75, 3.05) is 45.8 Å². The molecule has 9 nitrogen and oxygen atoms in total. The van der Waals surface area contributed by atoms with Gasteiger partial charge in [0.25, 0.3) is 5.91 Å². The Bertz CT molecular complexity index is 1070. The maximum Gasteiger partial charge on any atom is 0.259 e. The van der Waals surface area contributed by atoms with Gasteiger partial charge in [-0.25, -0.2) is 0 Å². The van der Waals surface area contributed by atoms with E-state index in [0.717, 1.165) is 64.7 Å². The Labute approximate surface area is 211 Å². The fourth-order valence-corrected chi connectivity index (χ4v) is 6.02. The second kappa shape index (κ2) is 9.93. The van der Waals surface area contributed by atoms with Crippen molar-refractivity contribution in [3.05, 3.63) is 22.5 Å². The Morgan fingerprint density at radius 3 is 2.29 bits per heavy atom. The van der Waals surface area contributed by atoms with Gasteiger partial charge in [0.05, 0.1) is 6.54 Å². The van der Waals surface area contributed by atoms with E-state index in [4.69, 9.17) is 16.1 Å². The van der Waals surface area contributed by atoms with Gasteiger partial charge in [-0.15, -0.1) is 0 Å². The summed E-state index contributed by atoms with van der Waals surface area (Å²) in [5.74, 6) is 0.842. The molecule has 190 valence electrons. The number of amides is 2. The van der Waals surface area contributed by atoms with Crippen molar-refractivity contribution in [1.82, 2.24) is 29.6 Å². The number of rotatable bonds is 4. The van der Waals surface area contributed by atoms with Crippen molar-refractivity contribution in [3.63, 3.8) is 0 Å². The van der Waals surface area contributed by atoms with Crippen LogP contribution in [0.15, 0.2) is 10.6 Å². The van der Waals surface area contributed by atoms with Crippen LogP contribution in [0.3, 0.4) is 0 Å². The molecule has 10 heteroatoms. The van der Waals surface area contributed by atoms with Crippen LogP contribution in [0.25, 0.3) is 11.4 Å². The monoisotopic (exact) mass is 502 g/mol. The molecule has 0 unspecified atom stereocenters. The minimum atomic E-state index is -0.0989.